The van der Waals surface area contributed by atoms with E-state index in [2.05, 4.69) is 35.9 Å². The lowest BCUT2D eigenvalue weighted by molar-refractivity contribution is 0.443. The third-order valence-corrected chi connectivity index (χ3v) is 2.94. The summed E-state index contributed by atoms with van der Waals surface area (Å²) in [6.45, 7) is 9.15. The average molecular weight is 199 g/mol. The fraction of sp³-hybridized carbons (Fsp3) is 0.889. The summed E-state index contributed by atoms with van der Waals surface area (Å²) in [6, 6.07) is 0.148. The van der Waals surface area contributed by atoms with Gasteiger partial charge in [-0.2, -0.15) is 10.2 Å². The zero-order valence-corrected chi connectivity index (χ0v) is 9.34. The van der Waals surface area contributed by atoms with Gasteiger partial charge in [-0.1, -0.05) is 19.1 Å². The van der Waals surface area contributed by atoms with Gasteiger partial charge in [0, 0.05) is 19.0 Å². The van der Waals surface area contributed by atoms with Crippen LogP contribution in [0.3, 0.4) is 0 Å². The van der Waals surface area contributed by atoms with Crippen LogP contribution in [0.5, 0.6) is 0 Å². The minimum atomic E-state index is 0.148. The summed E-state index contributed by atoms with van der Waals surface area (Å²) in [5, 5.41) is 8.20. The Morgan fingerprint density at radius 1 is 1.46 bits per heavy atom. The van der Waals surface area contributed by atoms with Gasteiger partial charge in [0.15, 0.2) is 0 Å². The quantitative estimate of drug-likeness (QED) is 0.651. The van der Waals surface area contributed by atoms with Gasteiger partial charge in [0.1, 0.15) is 11.0 Å². The van der Waals surface area contributed by atoms with Crippen molar-refractivity contribution in [3.63, 3.8) is 0 Å². The van der Waals surface area contributed by atoms with Crippen molar-refractivity contribution in [2.45, 2.75) is 26.8 Å². The maximum atomic E-state index is 5.38. The zero-order valence-electron chi connectivity index (χ0n) is 8.53. The monoisotopic (exact) mass is 199 g/mol. The molecule has 0 amide bonds. The molecule has 4 heteroatoms. The van der Waals surface area contributed by atoms with E-state index in [1.807, 2.05) is 0 Å². The van der Waals surface area contributed by atoms with Gasteiger partial charge in [-0.25, -0.2) is 0 Å². The van der Waals surface area contributed by atoms with Crippen molar-refractivity contribution >= 4 is 17.2 Å². The highest BCUT2D eigenvalue weighted by molar-refractivity contribution is 7.80. The van der Waals surface area contributed by atoms with Crippen LogP contribution in [0.2, 0.25) is 0 Å². The van der Waals surface area contributed by atoms with Crippen molar-refractivity contribution < 1.29 is 0 Å². The maximum Gasteiger partial charge on any atom is 0.125 e. The molecule has 1 aliphatic rings. The van der Waals surface area contributed by atoms with E-state index in [1.165, 1.54) is 0 Å². The lowest BCUT2D eigenvalue weighted by atomic mass is 10.0. The molecule has 1 aliphatic heterocycles. The highest BCUT2D eigenvalue weighted by Crippen LogP contribution is 2.19. The number of hydrogen-bond donors (Lipinski definition) is 0. The first kappa shape index (κ1) is 10.6. The topological polar surface area (TPSA) is 28.0 Å². The predicted molar refractivity (Wildman–Crippen MR) is 58.2 cm³/mol. The molecule has 2 unspecified atom stereocenters. The fourth-order valence-electron chi connectivity index (χ4n) is 1.49. The summed E-state index contributed by atoms with van der Waals surface area (Å²) in [6.07, 6.45) is 0. The van der Waals surface area contributed by atoms with Crippen molar-refractivity contribution in [1.82, 2.24) is 4.90 Å². The zero-order chi connectivity index (χ0) is 9.84. The SMILES string of the molecule is CCN(CC)C(=S)C1N=NCC1C. The lowest BCUT2D eigenvalue weighted by Gasteiger charge is -2.25. The molecular weight excluding hydrogens is 182 g/mol. The fourth-order valence-corrected chi connectivity index (χ4v) is 2.03. The van der Waals surface area contributed by atoms with E-state index in [1.54, 1.807) is 0 Å². The molecule has 0 saturated heterocycles. The number of likely N-dealkylation sites (N-methyl/N-ethyl adjacent to an activating group) is 1. The third-order valence-electron chi connectivity index (χ3n) is 2.44. The first-order valence-electron chi connectivity index (χ1n) is 4.86. The summed E-state index contributed by atoms with van der Waals surface area (Å²) >= 11 is 5.38. The van der Waals surface area contributed by atoms with Crippen LogP contribution in [-0.4, -0.2) is 35.6 Å². The normalized spacial score (nSPS) is 26.4. The highest BCUT2D eigenvalue weighted by atomic mass is 32.1. The molecule has 0 radical (unpaired) electrons. The maximum absolute atomic E-state index is 5.38. The molecule has 3 nitrogen and oxygen atoms in total. The summed E-state index contributed by atoms with van der Waals surface area (Å²) in [7, 11) is 0. The molecule has 1 rings (SSSR count). The first-order chi connectivity index (χ1) is 6.20. The highest BCUT2D eigenvalue weighted by Gasteiger charge is 2.27. The Labute approximate surface area is 85.2 Å². The second-order valence-electron chi connectivity index (χ2n) is 3.37. The minimum absolute atomic E-state index is 0.148. The molecule has 0 N–H and O–H groups in total. The van der Waals surface area contributed by atoms with Gasteiger partial charge in [0.05, 0.1) is 6.54 Å². The van der Waals surface area contributed by atoms with Crippen molar-refractivity contribution in [1.29, 1.82) is 0 Å². The molecule has 0 bridgehead atoms. The molecule has 0 aromatic heterocycles. The van der Waals surface area contributed by atoms with Crippen LogP contribution in [0.1, 0.15) is 20.8 Å². The Bertz CT molecular complexity index is 211. The lowest BCUT2D eigenvalue weighted by Crippen LogP contribution is -2.38. The molecule has 0 aromatic rings. The van der Waals surface area contributed by atoms with Gasteiger partial charge in [0.25, 0.3) is 0 Å². The molecular formula is C9H17N3S. The largest absolute Gasteiger partial charge is 0.365 e. The number of hydrogen-bond acceptors (Lipinski definition) is 3. The Morgan fingerprint density at radius 2 is 2.08 bits per heavy atom. The predicted octanol–water partition coefficient (Wildman–Crippen LogP) is 2.13. The number of thiocarbonyl (C=S) groups is 1. The molecule has 0 spiro atoms. The molecule has 1 heterocycles. The number of nitrogens with zero attached hydrogens (tertiary/aromatic N) is 3. The van der Waals surface area contributed by atoms with Crippen LogP contribution in [0.15, 0.2) is 10.2 Å². The van der Waals surface area contributed by atoms with Gasteiger partial charge >= 0.3 is 0 Å². The van der Waals surface area contributed by atoms with Gasteiger partial charge in [-0.15, -0.1) is 0 Å². The van der Waals surface area contributed by atoms with Gasteiger partial charge in [-0.05, 0) is 13.8 Å². The smallest absolute Gasteiger partial charge is 0.125 e. The molecule has 0 aliphatic carbocycles. The van der Waals surface area contributed by atoms with Gasteiger partial charge < -0.3 is 4.90 Å². The van der Waals surface area contributed by atoms with Gasteiger partial charge in [-0.3, -0.25) is 0 Å². The van der Waals surface area contributed by atoms with Crippen molar-refractivity contribution in [3.05, 3.63) is 0 Å². The van der Waals surface area contributed by atoms with Gasteiger partial charge in [0.2, 0.25) is 0 Å². The second kappa shape index (κ2) is 4.65. The van der Waals surface area contributed by atoms with Crippen molar-refractivity contribution in [2.75, 3.05) is 19.6 Å². The standard InChI is InChI=1S/C9H17N3S/c1-4-12(5-2)9(13)8-7(3)6-10-11-8/h7-8H,4-6H2,1-3H3. The van der Waals surface area contributed by atoms with E-state index in [0.717, 1.165) is 24.6 Å². The summed E-state index contributed by atoms with van der Waals surface area (Å²) in [4.78, 5) is 3.14. The Balaban J connectivity index is 2.60. The van der Waals surface area contributed by atoms with Crippen LogP contribution in [0, 0.1) is 5.92 Å². The summed E-state index contributed by atoms with van der Waals surface area (Å²) in [5.74, 6) is 0.480. The molecule has 0 aromatic carbocycles. The van der Waals surface area contributed by atoms with E-state index < -0.39 is 0 Å². The van der Waals surface area contributed by atoms with E-state index in [9.17, 15) is 0 Å². The molecule has 13 heavy (non-hydrogen) atoms. The average Bonchev–Trinajstić information content (AvgIpc) is 2.53. The Hall–Kier alpha value is -0.510. The second-order valence-corrected chi connectivity index (χ2v) is 3.79. The summed E-state index contributed by atoms with van der Waals surface area (Å²) < 4.78 is 0. The van der Waals surface area contributed by atoms with Crippen LogP contribution in [0.4, 0.5) is 0 Å². The Kier molecular flexibility index (Phi) is 3.78. The Morgan fingerprint density at radius 3 is 2.46 bits per heavy atom. The van der Waals surface area contributed by atoms with Crippen LogP contribution >= 0.6 is 12.2 Å². The molecule has 74 valence electrons. The van der Waals surface area contributed by atoms with E-state index in [0.29, 0.717) is 5.92 Å². The molecule has 2 atom stereocenters. The van der Waals surface area contributed by atoms with E-state index >= 15 is 0 Å². The first-order valence-corrected chi connectivity index (χ1v) is 5.26. The van der Waals surface area contributed by atoms with E-state index in [4.69, 9.17) is 12.2 Å². The van der Waals surface area contributed by atoms with Crippen LogP contribution in [0.25, 0.3) is 0 Å². The van der Waals surface area contributed by atoms with E-state index in [-0.39, 0.29) is 6.04 Å². The molecule has 0 fully saturated rings. The number of azo groups is 1. The van der Waals surface area contributed by atoms with Crippen LogP contribution < -0.4 is 0 Å². The third kappa shape index (κ3) is 2.24. The van der Waals surface area contributed by atoms with Crippen molar-refractivity contribution in [2.24, 2.45) is 16.1 Å². The number of rotatable bonds is 3. The summed E-state index contributed by atoms with van der Waals surface area (Å²) in [5.41, 5.74) is 0. The van der Waals surface area contributed by atoms with Crippen LogP contribution in [-0.2, 0) is 0 Å². The minimum Gasteiger partial charge on any atom is -0.365 e. The van der Waals surface area contributed by atoms with Crippen molar-refractivity contribution in [3.8, 4) is 0 Å². The molecule has 0 saturated carbocycles.